The van der Waals surface area contributed by atoms with Gasteiger partial charge in [0, 0.05) is 36.8 Å². The highest BCUT2D eigenvalue weighted by atomic mass is 32.2. The Morgan fingerprint density at radius 2 is 1.93 bits per heavy atom. The Labute approximate surface area is 160 Å². The van der Waals surface area contributed by atoms with Crippen LogP contribution in [-0.4, -0.2) is 50.6 Å². The van der Waals surface area contributed by atoms with Gasteiger partial charge in [0.05, 0.1) is 5.75 Å². The van der Waals surface area contributed by atoms with E-state index in [4.69, 9.17) is 0 Å². The Morgan fingerprint density at radius 1 is 1.19 bits per heavy atom. The summed E-state index contributed by atoms with van der Waals surface area (Å²) in [5.74, 6) is -0.354. The number of amides is 2. The van der Waals surface area contributed by atoms with E-state index in [9.17, 15) is 18.0 Å². The van der Waals surface area contributed by atoms with Crippen molar-refractivity contribution in [3.63, 3.8) is 0 Å². The number of aryl methyl sites for hydroxylation is 1. The first kappa shape index (κ1) is 21.3. The molecule has 1 saturated carbocycles. The molecule has 1 aromatic heterocycles. The summed E-state index contributed by atoms with van der Waals surface area (Å²) in [4.78, 5) is 28.4. The van der Waals surface area contributed by atoms with E-state index in [1.807, 2.05) is 18.2 Å². The summed E-state index contributed by atoms with van der Waals surface area (Å²) in [7, 11) is -1.96. The zero-order chi connectivity index (χ0) is 19.7. The molecule has 0 saturated heterocycles. The second-order valence-electron chi connectivity index (χ2n) is 6.75. The van der Waals surface area contributed by atoms with Gasteiger partial charge in [-0.15, -0.1) is 0 Å². The maximum Gasteiger partial charge on any atom is 0.223 e. The van der Waals surface area contributed by atoms with E-state index < -0.39 is 10.0 Å². The van der Waals surface area contributed by atoms with Crippen molar-refractivity contribution in [1.29, 1.82) is 0 Å². The first-order valence-electron chi connectivity index (χ1n) is 9.28. The fourth-order valence-corrected chi connectivity index (χ4v) is 3.72. The van der Waals surface area contributed by atoms with Crippen molar-refractivity contribution in [3.05, 3.63) is 30.1 Å². The third-order valence-electron chi connectivity index (χ3n) is 4.78. The van der Waals surface area contributed by atoms with Gasteiger partial charge in [-0.25, -0.2) is 13.1 Å². The Hall–Kier alpha value is -2.00. The number of carbonyl (C=O) groups excluding carboxylic acids is 2. The minimum absolute atomic E-state index is 0.00540. The predicted molar refractivity (Wildman–Crippen MR) is 102 cm³/mol. The van der Waals surface area contributed by atoms with Crippen LogP contribution in [0.3, 0.4) is 0 Å². The lowest BCUT2D eigenvalue weighted by Crippen LogP contribution is -2.42. The van der Waals surface area contributed by atoms with E-state index >= 15 is 0 Å². The molecule has 2 amide bonds. The lowest BCUT2D eigenvalue weighted by Gasteiger charge is -2.28. The van der Waals surface area contributed by atoms with E-state index in [0.717, 1.165) is 18.5 Å². The fourth-order valence-electron chi connectivity index (χ4n) is 3.14. The molecule has 0 radical (unpaired) electrons. The first-order chi connectivity index (χ1) is 12.9. The minimum atomic E-state index is -3.31. The smallest absolute Gasteiger partial charge is 0.223 e. The Kier molecular flexibility index (Phi) is 8.18. The highest BCUT2D eigenvalue weighted by Crippen LogP contribution is 2.24. The number of nitrogens with one attached hydrogen (secondary N) is 3. The molecule has 3 N–H and O–H groups in total. The normalized spacial score (nSPS) is 20.0. The van der Waals surface area contributed by atoms with Crippen LogP contribution in [0, 0.1) is 5.92 Å². The van der Waals surface area contributed by atoms with Crippen LogP contribution < -0.4 is 15.4 Å². The van der Waals surface area contributed by atoms with Crippen molar-refractivity contribution in [3.8, 4) is 0 Å². The molecule has 27 heavy (non-hydrogen) atoms. The number of nitrogens with zero attached hydrogens (tertiary/aromatic N) is 1. The van der Waals surface area contributed by atoms with E-state index in [2.05, 4.69) is 20.3 Å². The number of sulfonamides is 1. The summed E-state index contributed by atoms with van der Waals surface area (Å²) in [5, 5.41) is 5.72. The van der Waals surface area contributed by atoms with Gasteiger partial charge < -0.3 is 10.6 Å². The molecule has 0 atom stereocenters. The van der Waals surface area contributed by atoms with Crippen LogP contribution in [0.25, 0.3) is 0 Å². The maximum atomic E-state index is 12.1. The van der Waals surface area contributed by atoms with E-state index in [1.165, 1.54) is 7.05 Å². The summed E-state index contributed by atoms with van der Waals surface area (Å²) in [6, 6.07) is 5.74. The number of hydrogen-bond donors (Lipinski definition) is 3. The summed E-state index contributed by atoms with van der Waals surface area (Å²) < 4.78 is 24.9. The summed E-state index contributed by atoms with van der Waals surface area (Å²) in [5.41, 5.74) is 0.897. The number of hydrogen-bond acceptors (Lipinski definition) is 5. The van der Waals surface area contributed by atoms with Crippen molar-refractivity contribution in [2.24, 2.45) is 5.92 Å². The van der Waals surface area contributed by atoms with E-state index in [0.29, 0.717) is 25.7 Å². The number of carbonyl (C=O) groups is 2. The van der Waals surface area contributed by atoms with Gasteiger partial charge in [0.2, 0.25) is 21.8 Å². The summed E-state index contributed by atoms with van der Waals surface area (Å²) in [6.45, 7) is 0.103. The second-order valence-corrected chi connectivity index (χ2v) is 8.80. The quantitative estimate of drug-likeness (QED) is 0.557. The Bertz CT molecular complexity index is 716. The van der Waals surface area contributed by atoms with Gasteiger partial charge in [0.25, 0.3) is 0 Å². The molecule has 1 aliphatic carbocycles. The third-order valence-corrected chi connectivity index (χ3v) is 6.14. The van der Waals surface area contributed by atoms with Crippen molar-refractivity contribution >= 4 is 21.8 Å². The largest absolute Gasteiger partial charge is 0.355 e. The molecule has 150 valence electrons. The van der Waals surface area contributed by atoms with Gasteiger partial charge >= 0.3 is 0 Å². The first-order valence-corrected chi connectivity index (χ1v) is 10.9. The lowest BCUT2D eigenvalue weighted by atomic mass is 9.85. The molecular weight excluding hydrogens is 368 g/mol. The molecule has 9 heteroatoms. The van der Waals surface area contributed by atoms with Crippen LogP contribution in [0.2, 0.25) is 0 Å². The van der Waals surface area contributed by atoms with Crippen molar-refractivity contribution in [2.75, 3.05) is 19.3 Å². The van der Waals surface area contributed by atoms with E-state index in [-0.39, 0.29) is 36.1 Å². The fraction of sp³-hybridized carbons (Fsp3) is 0.611. The monoisotopic (exact) mass is 396 g/mol. The lowest BCUT2D eigenvalue weighted by molar-refractivity contribution is -0.126. The number of aromatic nitrogens is 1. The predicted octanol–water partition coefficient (Wildman–Crippen LogP) is 0.355. The van der Waals surface area contributed by atoms with Crippen LogP contribution in [-0.2, 0) is 26.0 Å². The van der Waals surface area contributed by atoms with Crippen molar-refractivity contribution < 1.29 is 18.0 Å². The van der Waals surface area contributed by atoms with Gasteiger partial charge in [-0.3, -0.25) is 14.6 Å². The van der Waals surface area contributed by atoms with Crippen molar-refractivity contribution in [2.45, 2.75) is 44.6 Å². The Morgan fingerprint density at radius 3 is 2.56 bits per heavy atom. The van der Waals surface area contributed by atoms with Gasteiger partial charge in [0.15, 0.2) is 0 Å². The minimum Gasteiger partial charge on any atom is -0.355 e. The molecule has 0 bridgehead atoms. The van der Waals surface area contributed by atoms with Crippen molar-refractivity contribution in [1.82, 2.24) is 20.3 Å². The SMILES string of the molecule is CNS(=O)(=O)CCNC(=O)C1CCC(NC(=O)CCc2ccccn2)CC1. The highest BCUT2D eigenvalue weighted by Gasteiger charge is 2.27. The highest BCUT2D eigenvalue weighted by molar-refractivity contribution is 7.89. The molecule has 0 aromatic carbocycles. The standard InChI is InChI=1S/C18H28N4O4S/c1-19-27(25,26)13-12-21-18(24)14-5-7-16(8-6-14)22-17(23)10-9-15-4-2-3-11-20-15/h2-4,11,14,16,19H,5-10,12-13H2,1H3,(H,21,24)(H,22,23). The zero-order valence-electron chi connectivity index (χ0n) is 15.6. The summed E-state index contributed by atoms with van der Waals surface area (Å²) in [6.07, 6.45) is 5.61. The van der Waals surface area contributed by atoms with Gasteiger partial charge in [0.1, 0.15) is 0 Å². The number of rotatable bonds is 9. The topological polar surface area (TPSA) is 117 Å². The van der Waals surface area contributed by atoms with Crippen LogP contribution >= 0.6 is 0 Å². The van der Waals surface area contributed by atoms with Crippen LogP contribution in [0.1, 0.15) is 37.8 Å². The summed E-state index contributed by atoms with van der Waals surface area (Å²) >= 11 is 0. The average Bonchev–Trinajstić information content (AvgIpc) is 2.67. The molecule has 0 unspecified atom stereocenters. The van der Waals surface area contributed by atoms with E-state index in [1.54, 1.807) is 6.20 Å². The molecule has 8 nitrogen and oxygen atoms in total. The van der Waals surface area contributed by atoms with Gasteiger partial charge in [-0.2, -0.15) is 0 Å². The van der Waals surface area contributed by atoms with Crippen LogP contribution in [0.4, 0.5) is 0 Å². The molecule has 1 fully saturated rings. The maximum absolute atomic E-state index is 12.1. The Balaban J connectivity index is 1.64. The third kappa shape index (κ3) is 7.64. The molecule has 1 heterocycles. The van der Waals surface area contributed by atoms with Gasteiger partial charge in [-0.1, -0.05) is 6.07 Å². The zero-order valence-corrected chi connectivity index (χ0v) is 16.4. The average molecular weight is 397 g/mol. The molecule has 0 aliphatic heterocycles. The number of pyridine rings is 1. The second kappa shape index (κ2) is 10.4. The van der Waals surface area contributed by atoms with Gasteiger partial charge in [-0.05, 0) is 51.3 Å². The van der Waals surface area contributed by atoms with Crippen LogP contribution in [0.15, 0.2) is 24.4 Å². The molecule has 1 aliphatic rings. The molecule has 2 rings (SSSR count). The molecule has 0 spiro atoms. The molecular formula is C18H28N4O4S. The van der Waals surface area contributed by atoms with Crippen LogP contribution in [0.5, 0.6) is 0 Å². The molecule has 1 aromatic rings.